The summed E-state index contributed by atoms with van der Waals surface area (Å²) in [5.41, 5.74) is 4.31. The van der Waals surface area contributed by atoms with Gasteiger partial charge >= 0.3 is 5.97 Å². The van der Waals surface area contributed by atoms with E-state index in [9.17, 15) is 14.4 Å². The lowest BCUT2D eigenvalue weighted by Crippen LogP contribution is -2.22. The minimum atomic E-state index is -0.523. The topological polar surface area (TPSA) is 115 Å². The molecule has 1 aromatic heterocycles. The van der Waals surface area contributed by atoms with Gasteiger partial charge in [-0.05, 0) is 74.9 Å². The Hall–Kier alpha value is -3.60. The monoisotopic (exact) mass is 436 g/mol. The SMILES string of the molecule is Cc1cc(N2CCCC2)ccc1NC(=O)COC(=O)CCc1c(C)[nH]c(=O)c(C#N)c1C. The van der Waals surface area contributed by atoms with Gasteiger partial charge in [0, 0.05) is 36.6 Å². The molecule has 0 bridgehead atoms. The number of nitrogens with zero attached hydrogens (tertiary/aromatic N) is 2. The second kappa shape index (κ2) is 10.1. The van der Waals surface area contributed by atoms with Crippen molar-refractivity contribution in [3.63, 3.8) is 0 Å². The Labute approximate surface area is 187 Å². The van der Waals surface area contributed by atoms with E-state index in [-0.39, 0.29) is 18.6 Å². The van der Waals surface area contributed by atoms with Gasteiger partial charge in [0.1, 0.15) is 11.6 Å². The summed E-state index contributed by atoms with van der Waals surface area (Å²) in [6.45, 7) is 7.08. The van der Waals surface area contributed by atoms with Crippen LogP contribution in [0.3, 0.4) is 0 Å². The van der Waals surface area contributed by atoms with Crippen LogP contribution in [0.5, 0.6) is 0 Å². The van der Waals surface area contributed by atoms with E-state index in [1.807, 2.05) is 25.1 Å². The first-order valence-electron chi connectivity index (χ1n) is 10.7. The van der Waals surface area contributed by atoms with Crippen molar-refractivity contribution in [2.45, 2.75) is 46.5 Å². The molecule has 1 aromatic carbocycles. The standard InChI is InChI=1S/C24H28N4O4/c1-15-12-18(28-10-4-5-11-28)6-8-21(15)27-22(29)14-32-23(30)9-7-19-16(2)20(13-25)24(31)26-17(19)3/h6,8,12H,4-5,7,9-11,14H2,1-3H3,(H,26,31)(H,27,29). The van der Waals surface area contributed by atoms with Crippen molar-refractivity contribution >= 4 is 23.3 Å². The molecule has 2 aromatic rings. The van der Waals surface area contributed by atoms with Gasteiger partial charge in [-0.1, -0.05) is 0 Å². The van der Waals surface area contributed by atoms with E-state index in [1.165, 1.54) is 12.8 Å². The summed E-state index contributed by atoms with van der Waals surface area (Å²) in [5.74, 6) is -0.927. The second-order valence-corrected chi connectivity index (χ2v) is 8.07. The molecule has 8 heteroatoms. The van der Waals surface area contributed by atoms with Crippen LogP contribution in [0.4, 0.5) is 11.4 Å². The molecular formula is C24H28N4O4. The van der Waals surface area contributed by atoms with E-state index in [2.05, 4.69) is 21.3 Å². The highest BCUT2D eigenvalue weighted by Crippen LogP contribution is 2.25. The Morgan fingerprint density at radius 2 is 1.94 bits per heavy atom. The van der Waals surface area contributed by atoms with Crippen LogP contribution in [0.15, 0.2) is 23.0 Å². The van der Waals surface area contributed by atoms with Crippen LogP contribution in [0, 0.1) is 32.1 Å². The predicted molar refractivity (Wildman–Crippen MR) is 122 cm³/mol. The zero-order valence-electron chi connectivity index (χ0n) is 18.7. The first kappa shape index (κ1) is 23.1. The van der Waals surface area contributed by atoms with Crippen LogP contribution in [0.2, 0.25) is 0 Å². The second-order valence-electron chi connectivity index (χ2n) is 8.07. The third-order valence-electron chi connectivity index (χ3n) is 5.82. The van der Waals surface area contributed by atoms with Crippen molar-refractivity contribution in [1.29, 1.82) is 5.26 Å². The quantitative estimate of drug-likeness (QED) is 0.645. The van der Waals surface area contributed by atoms with Crippen molar-refractivity contribution < 1.29 is 14.3 Å². The summed E-state index contributed by atoms with van der Waals surface area (Å²) in [7, 11) is 0. The lowest BCUT2D eigenvalue weighted by Gasteiger charge is -2.19. The maximum absolute atomic E-state index is 12.2. The van der Waals surface area contributed by atoms with Crippen molar-refractivity contribution in [3.05, 3.63) is 56.5 Å². The number of carbonyl (C=O) groups is 2. The summed E-state index contributed by atoms with van der Waals surface area (Å²) in [5, 5.41) is 11.9. The highest BCUT2D eigenvalue weighted by molar-refractivity contribution is 5.93. The molecule has 0 unspecified atom stereocenters. The lowest BCUT2D eigenvalue weighted by atomic mass is 9.99. The number of anilines is 2. The number of amides is 1. The van der Waals surface area contributed by atoms with E-state index in [0.717, 1.165) is 29.9 Å². The average molecular weight is 437 g/mol. The molecule has 1 aliphatic rings. The van der Waals surface area contributed by atoms with Gasteiger partial charge < -0.3 is 19.9 Å². The van der Waals surface area contributed by atoms with E-state index < -0.39 is 17.4 Å². The number of aryl methyl sites for hydroxylation is 2. The number of rotatable bonds is 7. The maximum atomic E-state index is 12.2. The fourth-order valence-electron chi connectivity index (χ4n) is 4.01. The van der Waals surface area contributed by atoms with E-state index in [1.54, 1.807) is 13.8 Å². The molecular weight excluding hydrogens is 408 g/mol. The molecule has 2 N–H and O–H groups in total. The average Bonchev–Trinajstić information content (AvgIpc) is 3.28. The molecule has 1 amide bonds. The largest absolute Gasteiger partial charge is 0.456 e. The summed E-state index contributed by atoms with van der Waals surface area (Å²) < 4.78 is 5.11. The van der Waals surface area contributed by atoms with Crippen molar-refractivity contribution in [2.24, 2.45) is 0 Å². The zero-order valence-corrected chi connectivity index (χ0v) is 18.7. The molecule has 0 aliphatic carbocycles. The minimum absolute atomic E-state index is 0.0371. The third-order valence-corrected chi connectivity index (χ3v) is 5.82. The number of aromatic nitrogens is 1. The Morgan fingerprint density at radius 1 is 1.22 bits per heavy atom. The summed E-state index contributed by atoms with van der Waals surface area (Å²) in [6, 6.07) is 7.81. The summed E-state index contributed by atoms with van der Waals surface area (Å²) >= 11 is 0. The number of benzene rings is 1. The number of esters is 1. The van der Waals surface area contributed by atoms with Crippen LogP contribution in [0.25, 0.3) is 0 Å². The van der Waals surface area contributed by atoms with Gasteiger partial charge in [0.15, 0.2) is 6.61 Å². The third kappa shape index (κ3) is 5.35. The van der Waals surface area contributed by atoms with Crippen LogP contribution >= 0.6 is 0 Å². The molecule has 1 aliphatic heterocycles. The summed E-state index contributed by atoms with van der Waals surface area (Å²) in [6.07, 6.45) is 2.74. The van der Waals surface area contributed by atoms with Gasteiger partial charge in [0.05, 0.1) is 0 Å². The molecule has 1 fully saturated rings. The van der Waals surface area contributed by atoms with Gasteiger partial charge in [-0.3, -0.25) is 14.4 Å². The minimum Gasteiger partial charge on any atom is -0.456 e. The molecule has 2 heterocycles. The van der Waals surface area contributed by atoms with Gasteiger partial charge in [-0.15, -0.1) is 0 Å². The fourth-order valence-corrected chi connectivity index (χ4v) is 4.01. The van der Waals surface area contributed by atoms with Gasteiger partial charge in [0.2, 0.25) is 0 Å². The highest BCUT2D eigenvalue weighted by Gasteiger charge is 2.16. The predicted octanol–water partition coefficient (Wildman–Crippen LogP) is 2.89. The molecule has 0 radical (unpaired) electrons. The first-order chi connectivity index (χ1) is 15.3. The van der Waals surface area contributed by atoms with E-state index in [4.69, 9.17) is 10.00 Å². The molecule has 3 rings (SSSR count). The number of hydrogen-bond acceptors (Lipinski definition) is 6. The maximum Gasteiger partial charge on any atom is 0.306 e. The number of ether oxygens (including phenoxy) is 1. The Kier molecular flexibility index (Phi) is 7.31. The smallest absolute Gasteiger partial charge is 0.306 e. The molecule has 168 valence electrons. The number of hydrogen-bond donors (Lipinski definition) is 2. The molecule has 0 atom stereocenters. The van der Waals surface area contributed by atoms with Crippen LogP contribution < -0.4 is 15.8 Å². The van der Waals surface area contributed by atoms with E-state index in [0.29, 0.717) is 23.4 Å². The first-order valence-corrected chi connectivity index (χ1v) is 10.7. The number of aromatic amines is 1. The molecule has 8 nitrogen and oxygen atoms in total. The molecule has 0 spiro atoms. The number of H-pyrrole nitrogens is 1. The number of pyridine rings is 1. The van der Waals surface area contributed by atoms with Crippen LogP contribution in [-0.4, -0.2) is 36.6 Å². The lowest BCUT2D eigenvalue weighted by molar-refractivity contribution is -0.147. The van der Waals surface area contributed by atoms with Gasteiger partial charge in [-0.25, -0.2) is 0 Å². The van der Waals surface area contributed by atoms with Crippen LogP contribution in [-0.2, 0) is 20.7 Å². The van der Waals surface area contributed by atoms with Crippen LogP contribution in [0.1, 0.15) is 47.2 Å². The normalized spacial score (nSPS) is 13.0. The van der Waals surface area contributed by atoms with Gasteiger partial charge in [-0.2, -0.15) is 5.26 Å². The number of nitrogens with one attached hydrogen (secondary N) is 2. The molecule has 1 saturated heterocycles. The number of nitriles is 1. The van der Waals surface area contributed by atoms with Gasteiger partial charge in [0.25, 0.3) is 11.5 Å². The summed E-state index contributed by atoms with van der Waals surface area (Å²) in [4.78, 5) is 41.1. The Morgan fingerprint density at radius 3 is 2.59 bits per heavy atom. The van der Waals surface area contributed by atoms with Crippen molar-refractivity contribution in [2.75, 3.05) is 29.9 Å². The fraction of sp³-hybridized carbons (Fsp3) is 0.417. The Balaban J connectivity index is 1.51. The molecule has 32 heavy (non-hydrogen) atoms. The number of carbonyl (C=O) groups excluding carboxylic acids is 2. The van der Waals surface area contributed by atoms with Crippen molar-refractivity contribution in [1.82, 2.24) is 4.98 Å². The van der Waals surface area contributed by atoms with E-state index >= 15 is 0 Å². The molecule has 0 saturated carbocycles. The zero-order chi connectivity index (χ0) is 23.3. The Bertz CT molecular complexity index is 1120. The van der Waals surface area contributed by atoms with Crippen molar-refractivity contribution in [3.8, 4) is 6.07 Å². The highest BCUT2D eigenvalue weighted by atomic mass is 16.5.